The molecule has 116 valence electrons. The van der Waals surface area contributed by atoms with Crippen molar-refractivity contribution >= 4 is 0 Å². The predicted molar refractivity (Wildman–Crippen MR) is 81.0 cm³/mol. The van der Waals surface area contributed by atoms with Crippen LogP contribution in [0.3, 0.4) is 0 Å². The summed E-state index contributed by atoms with van der Waals surface area (Å²) >= 11 is 0. The van der Waals surface area contributed by atoms with Crippen LogP contribution in [0.4, 0.5) is 0 Å². The van der Waals surface area contributed by atoms with Crippen molar-refractivity contribution in [1.29, 1.82) is 0 Å². The van der Waals surface area contributed by atoms with Crippen LogP contribution in [0.2, 0.25) is 0 Å². The SMILES string of the molecule is CC.CCOC(CN1CCOCC1)Cn1ccc(C)n1. The molecular weight excluding hydrogens is 254 g/mol. The largest absolute Gasteiger partial charge is 0.379 e. The summed E-state index contributed by atoms with van der Waals surface area (Å²) in [4.78, 5) is 2.40. The molecule has 0 bridgehead atoms. The first-order valence-electron chi connectivity index (χ1n) is 7.69. The lowest BCUT2D eigenvalue weighted by atomic mass is 10.3. The highest BCUT2D eigenvalue weighted by atomic mass is 16.5. The summed E-state index contributed by atoms with van der Waals surface area (Å²) in [6, 6.07) is 2.03. The second-order valence-corrected chi connectivity index (χ2v) is 4.67. The van der Waals surface area contributed by atoms with Gasteiger partial charge in [-0.25, -0.2) is 0 Å². The van der Waals surface area contributed by atoms with Crippen molar-refractivity contribution in [2.45, 2.75) is 40.3 Å². The zero-order valence-electron chi connectivity index (χ0n) is 13.3. The van der Waals surface area contributed by atoms with Crippen molar-refractivity contribution in [2.24, 2.45) is 0 Å². The third-order valence-electron chi connectivity index (χ3n) is 3.13. The molecule has 1 aromatic rings. The molecule has 0 amide bonds. The summed E-state index contributed by atoms with van der Waals surface area (Å²) in [5, 5.41) is 4.42. The van der Waals surface area contributed by atoms with Crippen molar-refractivity contribution in [3.05, 3.63) is 18.0 Å². The summed E-state index contributed by atoms with van der Waals surface area (Å²) < 4.78 is 13.1. The zero-order chi connectivity index (χ0) is 14.8. The minimum atomic E-state index is 0.201. The molecule has 0 N–H and O–H groups in total. The van der Waals surface area contributed by atoms with Gasteiger partial charge in [0.05, 0.1) is 31.6 Å². The number of hydrogen-bond donors (Lipinski definition) is 0. The standard InChI is InChI=1S/C13H23N3O2.C2H6/c1-3-18-13(10-15-6-8-17-9-7-15)11-16-5-4-12(2)14-16;1-2/h4-5,13H,3,6-11H2,1-2H3;1-2H3. The van der Waals surface area contributed by atoms with Crippen molar-refractivity contribution in [3.63, 3.8) is 0 Å². The van der Waals surface area contributed by atoms with E-state index in [-0.39, 0.29) is 6.10 Å². The van der Waals surface area contributed by atoms with Gasteiger partial charge in [-0.15, -0.1) is 0 Å². The molecule has 0 saturated carbocycles. The van der Waals surface area contributed by atoms with Gasteiger partial charge in [0.25, 0.3) is 0 Å². The van der Waals surface area contributed by atoms with Crippen molar-refractivity contribution < 1.29 is 9.47 Å². The van der Waals surface area contributed by atoms with E-state index in [1.165, 1.54) is 0 Å². The fraction of sp³-hybridized carbons (Fsp3) is 0.800. The monoisotopic (exact) mass is 283 g/mol. The molecule has 2 heterocycles. The number of aromatic nitrogens is 2. The Morgan fingerprint density at radius 3 is 2.55 bits per heavy atom. The summed E-state index contributed by atoms with van der Waals surface area (Å²) in [5.41, 5.74) is 1.05. The summed E-state index contributed by atoms with van der Waals surface area (Å²) in [5.74, 6) is 0. The molecule has 1 aliphatic heterocycles. The molecule has 1 aliphatic rings. The Morgan fingerprint density at radius 2 is 2.00 bits per heavy atom. The predicted octanol–water partition coefficient (Wildman–Crippen LogP) is 1.96. The van der Waals surface area contributed by atoms with Gasteiger partial charge in [0.15, 0.2) is 0 Å². The van der Waals surface area contributed by atoms with Crippen molar-refractivity contribution in [3.8, 4) is 0 Å². The maximum Gasteiger partial charge on any atom is 0.0897 e. The number of aryl methyl sites for hydroxylation is 1. The molecular formula is C15H29N3O2. The van der Waals surface area contributed by atoms with Crippen LogP contribution in [0.25, 0.3) is 0 Å². The van der Waals surface area contributed by atoms with Crippen LogP contribution >= 0.6 is 0 Å². The first kappa shape index (κ1) is 17.1. The van der Waals surface area contributed by atoms with Crippen LogP contribution in [0.5, 0.6) is 0 Å². The lowest BCUT2D eigenvalue weighted by Crippen LogP contribution is -2.43. The Bertz CT molecular complexity index is 349. The van der Waals surface area contributed by atoms with Crippen molar-refractivity contribution in [1.82, 2.24) is 14.7 Å². The van der Waals surface area contributed by atoms with E-state index in [9.17, 15) is 0 Å². The Morgan fingerprint density at radius 1 is 1.30 bits per heavy atom. The minimum absolute atomic E-state index is 0.201. The van der Waals surface area contributed by atoms with Gasteiger partial charge in [0.1, 0.15) is 0 Å². The fourth-order valence-electron chi connectivity index (χ4n) is 2.24. The molecule has 1 aromatic heterocycles. The normalized spacial score (nSPS) is 17.4. The molecule has 20 heavy (non-hydrogen) atoms. The van der Waals surface area contributed by atoms with Crippen LogP contribution < -0.4 is 0 Å². The molecule has 5 heteroatoms. The lowest BCUT2D eigenvalue weighted by Gasteiger charge is -2.30. The van der Waals surface area contributed by atoms with E-state index in [1.807, 2.05) is 44.6 Å². The highest BCUT2D eigenvalue weighted by Crippen LogP contribution is 2.05. The number of hydrogen-bond acceptors (Lipinski definition) is 4. The first-order chi connectivity index (χ1) is 9.78. The zero-order valence-corrected chi connectivity index (χ0v) is 13.3. The molecule has 1 saturated heterocycles. The average Bonchev–Trinajstić information content (AvgIpc) is 2.88. The maximum atomic E-state index is 5.81. The third kappa shape index (κ3) is 6.03. The van der Waals surface area contributed by atoms with Gasteiger partial charge in [-0.05, 0) is 19.9 Å². The van der Waals surface area contributed by atoms with E-state index in [4.69, 9.17) is 9.47 Å². The summed E-state index contributed by atoms with van der Waals surface area (Å²) in [6.45, 7) is 14.2. The molecule has 1 unspecified atom stereocenters. The second-order valence-electron chi connectivity index (χ2n) is 4.67. The highest BCUT2D eigenvalue weighted by Gasteiger charge is 2.17. The molecule has 0 aliphatic carbocycles. The molecule has 0 radical (unpaired) electrons. The number of morpholine rings is 1. The lowest BCUT2D eigenvalue weighted by molar-refractivity contribution is -0.0153. The molecule has 1 atom stereocenters. The van der Waals surface area contributed by atoms with Crippen LogP contribution in [0, 0.1) is 6.92 Å². The second kappa shape index (κ2) is 9.91. The topological polar surface area (TPSA) is 39.5 Å². The van der Waals surface area contributed by atoms with E-state index in [1.54, 1.807) is 0 Å². The third-order valence-corrected chi connectivity index (χ3v) is 3.13. The van der Waals surface area contributed by atoms with Gasteiger partial charge >= 0.3 is 0 Å². The van der Waals surface area contributed by atoms with Gasteiger partial charge in [-0.3, -0.25) is 9.58 Å². The molecule has 2 rings (SSSR count). The quantitative estimate of drug-likeness (QED) is 0.800. The van der Waals surface area contributed by atoms with Crippen LogP contribution in [-0.2, 0) is 16.0 Å². The van der Waals surface area contributed by atoms with Gasteiger partial charge in [-0.1, -0.05) is 13.8 Å². The summed E-state index contributed by atoms with van der Waals surface area (Å²) in [7, 11) is 0. The fourth-order valence-corrected chi connectivity index (χ4v) is 2.24. The first-order valence-corrected chi connectivity index (χ1v) is 7.69. The maximum absolute atomic E-state index is 5.81. The van der Waals surface area contributed by atoms with E-state index in [0.717, 1.165) is 51.7 Å². The Labute approximate surface area is 122 Å². The van der Waals surface area contributed by atoms with Gasteiger partial charge < -0.3 is 9.47 Å². The molecule has 0 aromatic carbocycles. The number of nitrogens with zero attached hydrogens (tertiary/aromatic N) is 3. The van der Waals surface area contributed by atoms with E-state index in [0.29, 0.717) is 0 Å². The highest BCUT2D eigenvalue weighted by molar-refractivity contribution is 4.95. The molecule has 1 fully saturated rings. The van der Waals surface area contributed by atoms with E-state index >= 15 is 0 Å². The van der Waals surface area contributed by atoms with Crippen molar-refractivity contribution in [2.75, 3.05) is 39.5 Å². The van der Waals surface area contributed by atoms with Gasteiger partial charge in [0.2, 0.25) is 0 Å². The average molecular weight is 283 g/mol. The molecule has 0 spiro atoms. The Balaban J connectivity index is 0.000000956. The smallest absolute Gasteiger partial charge is 0.0897 e. The van der Waals surface area contributed by atoms with Gasteiger partial charge in [0, 0.05) is 32.4 Å². The number of ether oxygens (including phenoxy) is 2. The number of rotatable bonds is 6. The van der Waals surface area contributed by atoms with Gasteiger partial charge in [-0.2, -0.15) is 5.10 Å². The van der Waals surface area contributed by atoms with E-state index < -0.39 is 0 Å². The van der Waals surface area contributed by atoms with Crippen LogP contribution in [0.15, 0.2) is 12.3 Å². The van der Waals surface area contributed by atoms with Crippen LogP contribution in [0.1, 0.15) is 26.5 Å². The summed E-state index contributed by atoms with van der Waals surface area (Å²) in [6.07, 6.45) is 2.22. The molecule has 5 nitrogen and oxygen atoms in total. The van der Waals surface area contributed by atoms with Crippen LogP contribution in [-0.4, -0.2) is 60.2 Å². The van der Waals surface area contributed by atoms with E-state index in [2.05, 4.69) is 10.00 Å². The minimum Gasteiger partial charge on any atom is -0.379 e. The Kier molecular flexibility index (Phi) is 8.49. The Hall–Kier alpha value is -0.910.